The molecule has 0 aliphatic carbocycles. The van der Waals surface area contributed by atoms with E-state index in [4.69, 9.17) is 4.74 Å². The lowest BCUT2D eigenvalue weighted by atomic mass is 10.2. The van der Waals surface area contributed by atoms with Gasteiger partial charge in [-0.1, -0.05) is 13.0 Å². The molecule has 0 radical (unpaired) electrons. The minimum atomic E-state index is -0.493. The number of carbonyl (C=O) groups excluding carboxylic acids is 1. The highest BCUT2D eigenvalue weighted by Crippen LogP contribution is 2.15. The van der Waals surface area contributed by atoms with Crippen molar-refractivity contribution in [1.82, 2.24) is 10.3 Å². The highest BCUT2D eigenvalue weighted by Gasteiger charge is 2.22. The molecule has 0 aliphatic rings. The standard InChI is InChI=1S/C12H17BrN2O2/c1-3-8-14-11(12(16)17-4-2)9-6-5-7-10(13)15-9/h5-7,11,14H,3-4,8H2,1-2H3. The maximum atomic E-state index is 11.8. The molecule has 0 saturated carbocycles. The quantitative estimate of drug-likeness (QED) is 0.648. The third-order valence-electron chi connectivity index (χ3n) is 2.15. The molecule has 0 amide bonds. The fourth-order valence-electron chi connectivity index (χ4n) is 1.41. The van der Waals surface area contributed by atoms with Crippen molar-refractivity contribution in [3.63, 3.8) is 0 Å². The summed E-state index contributed by atoms with van der Waals surface area (Å²) in [6, 6.07) is 5.00. The second-order valence-electron chi connectivity index (χ2n) is 3.52. The van der Waals surface area contributed by atoms with Gasteiger partial charge in [0.15, 0.2) is 0 Å². The van der Waals surface area contributed by atoms with E-state index < -0.39 is 6.04 Å². The number of aromatic nitrogens is 1. The number of esters is 1. The number of ether oxygens (including phenoxy) is 1. The van der Waals surface area contributed by atoms with Crippen LogP contribution in [0.15, 0.2) is 22.8 Å². The summed E-state index contributed by atoms with van der Waals surface area (Å²) in [7, 11) is 0. The van der Waals surface area contributed by atoms with Crippen LogP contribution in [-0.4, -0.2) is 24.1 Å². The second kappa shape index (κ2) is 7.40. The van der Waals surface area contributed by atoms with Crippen LogP contribution in [0, 0.1) is 0 Å². The Balaban J connectivity index is 2.85. The molecule has 0 spiro atoms. The first-order valence-electron chi connectivity index (χ1n) is 5.71. The Morgan fingerprint density at radius 1 is 1.53 bits per heavy atom. The highest BCUT2D eigenvalue weighted by molar-refractivity contribution is 9.10. The Morgan fingerprint density at radius 3 is 2.88 bits per heavy atom. The summed E-state index contributed by atoms with van der Waals surface area (Å²) >= 11 is 3.30. The average Bonchev–Trinajstić information content (AvgIpc) is 2.30. The van der Waals surface area contributed by atoms with Gasteiger partial charge in [-0.3, -0.25) is 5.32 Å². The van der Waals surface area contributed by atoms with Gasteiger partial charge in [-0.05, 0) is 48.0 Å². The van der Waals surface area contributed by atoms with Crippen LogP contribution in [0.4, 0.5) is 0 Å². The molecule has 1 aromatic rings. The Labute approximate surface area is 110 Å². The van der Waals surface area contributed by atoms with Crippen molar-refractivity contribution in [2.75, 3.05) is 13.2 Å². The molecule has 0 bridgehead atoms. The molecule has 1 rings (SSSR count). The van der Waals surface area contributed by atoms with E-state index in [1.54, 1.807) is 6.92 Å². The summed E-state index contributed by atoms with van der Waals surface area (Å²) < 4.78 is 5.75. The van der Waals surface area contributed by atoms with Gasteiger partial charge in [-0.2, -0.15) is 0 Å². The maximum Gasteiger partial charge on any atom is 0.329 e. The SMILES string of the molecule is CCCNC(C(=O)OCC)c1cccc(Br)n1. The van der Waals surface area contributed by atoms with Crippen LogP contribution in [0.5, 0.6) is 0 Å². The van der Waals surface area contributed by atoms with E-state index in [1.807, 2.05) is 25.1 Å². The first-order chi connectivity index (χ1) is 8.19. The minimum Gasteiger partial charge on any atom is -0.465 e. The van der Waals surface area contributed by atoms with Crippen LogP contribution in [-0.2, 0) is 9.53 Å². The van der Waals surface area contributed by atoms with Gasteiger partial charge in [-0.15, -0.1) is 0 Å². The van der Waals surface area contributed by atoms with Gasteiger partial charge in [0, 0.05) is 0 Å². The van der Waals surface area contributed by atoms with Crippen molar-refractivity contribution in [3.8, 4) is 0 Å². The molecular formula is C12H17BrN2O2. The van der Waals surface area contributed by atoms with Crippen LogP contribution < -0.4 is 5.32 Å². The molecule has 0 aliphatic heterocycles. The van der Waals surface area contributed by atoms with Gasteiger partial charge in [0.1, 0.15) is 10.6 Å². The molecule has 1 unspecified atom stereocenters. The smallest absolute Gasteiger partial charge is 0.329 e. The lowest BCUT2D eigenvalue weighted by molar-refractivity contribution is -0.146. The van der Waals surface area contributed by atoms with Crippen molar-refractivity contribution >= 4 is 21.9 Å². The van der Waals surface area contributed by atoms with E-state index in [1.165, 1.54) is 0 Å². The topological polar surface area (TPSA) is 51.2 Å². The fourth-order valence-corrected chi connectivity index (χ4v) is 1.77. The highest BCUT2D eigenvalue weighted by atomic mass is 79.9. The van der Waals surface area contributed by atoms with Gasteiger partial charge in [0.2, 0.25) is 0 Å². The number of nitrogens with one attached hydrogen (secondary N) is 1. The Kier molecular flexibility index (Phi) is 6.15. The molecule has 0 saturated heterocycles. The number of pyridine rings is 1. The van der Waals surface area contributed by atoms with E-state index in [0.29, 0.717) is 16.9 Å². The summed E-state index contributed by atoms with van der Waals surface area (Å²) in [6.07, 6.45) is 0.948. The van der Waals surface area contributed by atoms with E-state index >= 15 is 0 Å². The molecule has 0 aromatic carbocycles. The predicted octanol–water partition coefficient (Wildman–Crippen LogP) is 2.45. The van der Waals surface area contributed by atoms with Crippen molar-refractivity contribution in [2.24, 2.45) is 0 Å². The molecule has 1 N–H and O–H groups in total. The van der Waals surface area contributed by atoms with Crippen LogP contribution in [0.2, 0.25) is 0 Å². The van der Waals surface area contributed by atoms with Crippen molar-refractivity contribution < 1.29 is 9.53 Å². The minimum absolute atomic E-state index is 0.286. The van der Waals surface area contributed by atoms with Gasteiger partial charge < -0.3 is 4.74 Å². The summed E-state index contributed by atoms with van der Waals surface area (Å²) in [5.41, 5.74) is 0.672. The van der Waals surface area contributed by atoms with Crippen LogP contribution in [0.3, 0.4) is 0 Å². The van der Waals surface area contributed by atoms with E-state index in [0.717, 1.165) is 13.0 Å². The normalized spacial score (nSPS) is 12.2. The Hall–Kier alpha value is -0.940. The van der Waals surface area contributed by atoms with E-state index in [-0.39, 0.29) is 5.97 Å². The average molecular weight is 301 g/mol. The zero-order valence-corrected chi connectivity index (χ0v) is 11.7. The third-order valence-corrected chi connectivity index (χ3v) is 2.59. The molecule has 0 fully saturated rings. The van der Waals surface area contributed by atoms with E-state index in [2.05, 4.69) is 26.2 Å². The number of halogens is 1. The Bertz CT molecular complexity index is 371. The predicted molar refractivity (Wildman–Crippen MR) is 69.6 cm³/mol. The molecule has 1 aromatic heterocycles. The summed E-state index contributed by atoms with van der Waals surface area (Å²) in [6.45, 7) is 4.96. The van der Waals surface area contributed by atoms with Crippen LogP contribution in [0.1, 0.15) is 32.0 Å². The Morgan fingerprint density at radius 2 is 2.29 bits per heavy atom. The van der Waals surface area contributed by atoms with Gasteiger partial charge >= 0.3 is 5.97 Å². The van der Waals surface area contributed by atoms with E-state index in [9.17, 15) is 4.79 Å². The van der Waals surface area contributed by atoms with Crippen molar-refractivity contribution in [2.45, 2.75) is 26.3 Å². The van der Waals surface area contributed by atoms with Crippen molar-refractivity contribution in [3.05, 3.63) is 28.5 Å². The number of rotatable bonds is 6. The number of carbonyl (C=O) groups is 1. The number of hydrogen-bond donors (Lipinski definition) is 1. The maximum absolute atomic E-state index is 11.8. The zero-order chi connectivity index (χ0) is 12.7. The lowest BCUT2D eigenvalue weighted by Crippen LogP contribution is -2.31. The molecule has 94 valence electrons. The van der Waals surface area contributed by atoms with Gasteiger partial charge in [-0.25, -0.2) is 9.78 Å². The molecular weight excluding hydrogens is 284 g/mol. The summed E-state index contributed by atoms with van der Waals surface area (Å²) in [4.78, 5) is 16.1. The summed E-state index contributed by atoms with van der Waals surface area (Å²) in [5, 5.41) is 3.14. The second-order valence-corrected chi connectivity index (χ2v) is 4.34. The molecule has 1 heterocycles. The zero-order valence-electron chi connectivity index (χ0n) is 10.1. The van der Waals surface area contributed by atoms with Gasteiger partial charge in [0.05, 0.1) is 12.3 Å². The first-order valence-corrected chi connectivity index (χ1v) is 6.50. The first kappa shape index (κ1) is 14.1. The molecule has 5 heteroatoms. The molecule has 17 heavy (non-hydrogen) atoms. The number of hydrogen-bond acceptors (Lipinski definition) is 4. The molecule has 1 atom stereocenters. The lowest BCUT2D eigenvalue weighted by Gasteiger charge is -2.16. The largest absolute Gasteiger partial charge is 0.465 e. The monoisotopic (exact) mass is 300 g/mol. The van der Waals surface area contributed by atoms with Gasteiger partial charge in [0.25, 0.3) is 0 Å². The third kappa shape index (κ3) is 4.44. The van der Waals surface area contributed by atoms with Crippen molar-refractivity contribution in [1.29, 1.82) is 0 Å². The summed E-state index contributed by atoms with van der Waals surface area (Å²) in [5.74, 6) is -0.286. The number of nitrogens with zero attached hydrogens (tertiary/aromatic N) is 1. The fraction of sp³-hybridized carbons (Fsp3) is 0.500. The van der Waals surface area contributed by atoms with Crippen LogP contribution >= 0.6 is 15.9 Å². The van der Waals surface area contributed by atoms with Crippen LogP contribution in [0.25, 0.3) is 0 Å². The molecule has 4 nitrogen and oxygen atoms in total.